The number of aryl methyl sites for hydroxylation is 1. The number of anilines is 1. The van der Waals surface area contributed by atoms with Gasteiger partial charge in [-0.05, 0) is 61.5 Å². The third kappa shape index (κ3) is 4.08. The van der Waals surface area contributed by atoms with E-state index in [1.807, 2.05) is 31.2 Å². The van der Waals surface area contributed by atoms with Crippen LogP contribution in [0, 0.1) is 6.92 Å². The van der Waals surface area contributed by atoms with Gasteiger partial charge in [-0.25, -0.2) is 0 Å². The predicted molar refractivity (Wildman–Crippen MR) is 99.4 cm³/mol. The molecular formula is C19H23N3O2S. The molecule has 4 rings (SSSR count). The average Bonchev–Trinajstić information content (AvgIpc) is 3.28. The first kappa shape index (κ1) is 16.7. The van der Waals surface area contributed by atoms with Crippen LogP contribution in [0.2, 0.25) is 0 Å². The first-order valence-electron chi connectivity index (χ1n) is 8.87. The number of rotatable bonds is 5. The highest BCUT2D eigenvalue weighted by molar-refractivity contribution is 7.10. The van der Waals surface area contributed by atoms with Gasteiger partial charge in [0, 0.05) is 36.8 Å². The van der Waals surface area contributed by atoms with E-state index in [-0.39, 0.29) is 5.91 Å². The van der Waals surface area contributed by atoms with Gasteiger partial charge in [0.1, 0.15) is 5.00 Å². The molecule has 0 radical (unpaired) electrons. The first-order valence-corrected chi connectivity index (χ1v) is 9.65. The number of nitrogens with zero attached hydrogens (tertiary/aromatic N) is 1. The smallest absolute Gasteiger partial charge is 0.256 e. The SMILES string of the molecule is Cc1cc(NC(=O)c2cccc([C@@H]3C[C@H]3NC3CCOCC3)c2)sn1. The van der Waals surface area contributed by atoms with E-state index in [0.29, 0.717) is 23.6 Å². The van der Waals surface area contributed by atoms with Gasteiger partial charge in [0.2, 0.25) is 0 Å². The van der Waals surface area contributed by atoms with Gasteiger partial charge in [-0.15, -0.1) is 0 Å². The number of nitrogens with one attached hydrogen (secondary N) is 2. The molecule has 1 aliphatic heterocycles. The van der Waals surface area contributed by atoms with E-state index in [0.717, 1.165) is 43.2 Å². The Morgan fingerprint density at radius 2 is 2.12 bits per heavy atom. The van der Waals surface area contributed by atoms with Gasteiger partial charge in [-0.3, -0.25) is 4.79 Å². The van der Waals surface area contributed by atoms with E-state index in [9.17, 15) is 4.79 Å². The topological polar surface area (TPSA) is 63.2 Å². The van der Waals surface area contributed by atoms with Gasteiger partial charge in [0.15, 0.2) is 0 Å². The summed E-state index contributed by atoms with van der Waals surface area (Å²) in [6.07, 6.45) is 3.34. The van der Waals surface area contributed by atoms with E-state index < -0.39 is 0 Å². The van der Waals surface area contributed by atoms with Crippen molar-refractivity contribution < 1.29 is 9.53 Å². The molecule has 0 unspecified atom stereocenters. The molecule has 25 heavy (non-hydrogen) atoms. The fraction of sp³-hybridized carbons (Fsp3) is 0.474. The van der Waals surface area contributed by atoms with Crippen LogP contribution >= 0.6 is 11.5 Å². The van der Waals surface area contributed by atoms with Gasteiger partial charge in [0.05, 0.1) is 5.69 Å². The second-order valence-electron chi connectivity index (χ2n) is 6.91. The van der Waals surface area contributed by atoms with Crippen molar-refractivity contribution in [2.75, 3.05) is 18.5 Å². The monoisotopic (exact) mass is 357 g/mol. The Hall–Kier alpha value is -1.76. The van der Waals surface area contributed by atoms with Gasteiger partial charge < -0.3 is 15.4 Å². The molecule has 1 aromatic carbocycles. The molecule has 2 N–H and O–H groups in total. The molecule has 132 valence electrons. The van der Waals surface area contributed by atoms with Gasteiger partial charge in [0.25, 0.3) is 5.91 Å². The zero-order chi connectivity index (χ0) is 17.2. The molecule has 0 spiro atoms. The number of hydrogen-bond acceptors (Lipinski definition) is 5. The van der Waals surface area contributed by atoms with Crippen molar-refractivity contribution in [2.24, 2.45) is 0 Å². The average molecular weight is 357 g/mol. The summed E-state index contributed by atoms with van der Waals surface area (Å²) in [5.74, 6) is 0.446. The number of aromatic nitrogens is 1. The van der Waals surface area contributed by atoms with Crippen molar-refractivity contribution in [3.63, 3.8) is 0 Å². The Bertz CT molecular complexity index is 755. The predicted octanol–water partition coefficient (Wildman–Crippen LogP) is 3.33. The maximum Gasteiger partial charge on any atom is 0.256 e. The largest absolute Gasteiger partial charge is 0.381 e. The number of benzene rings is 1. The summed E-state index contributed by atoms with van der Waals surface area (Å²) in [6, 6.07) is 11.0. The lowest BCUT2D eigenvalue weighted by molar-refractivity contribution is 0.0774. The van der Waals surface area contributed by atoms with Crippen LogP contribution in [-0.4, -0.2) is 35.6 Å². The molecule has 2 atom stereocenters. The summed E-state index contributed by atoms with van der Waals surface area (Å²) < 4.78 is 9.61. The van der Waals surface area contributed by atoms with Crippen molar-refractivity contribution >= 4 is 22.4 Å². The summed E-state index contributed by atoms with van der Waals surface area (Å²) in [7, 11) is 0. The van der Waals surface area contributed by atoms with Crippen LogP contribution in [0.1, 0.15) is 46.8 Å². The zero-order valence-corrected chi connectivity index (χ0v) is 15.1. The summed E-state index contributed by atoms with van der Waals surface area (Å²) in [4.78, 5) is 12.5. The fourth-order valence-electron chi connectivity index (χ4n) is 3.43. The van der Waals surface area contributed by atoms with Crippen LogP contribution in [0.4, 0.5) is 5.00 Å². The molecule has 2 heterocycles. The minimum atomic E-state index is -0.0694. The highest BCUT2D eigenvalue weighted by atomic mass is 32.1. The lowest BCUT2D eigenvalue weighted by Gasteiger charge is -2.23. The van der Waals surface area contributed by atoms with Crippen molar-refractivity contribution in [1.82, 2.24) is 9.69 Å². The lowest BCUT2D eigenvalue weighted by Crippen LogP contribution is -2.36. The van der Waals surface area contributed by atoms with Gasteiger partial charge in [-0.2, -0.15) is 4.37 Å². The Balaban J connectivity index is 1.37. The van der Waals surface area contributed by atoms with Crippen LogP contribution in [0.15, 0.2) is 30.3 Å². The number of carbonyl (C=O) groups is 1. The summed E-state index contributed by atoms with van der Waals surface area (Å²) in [5.41, 5.74) is 2.88. The number of carbonyl (C=O) groups excluding carboxylic acids is 1. The molecular weight excluding hydrogens is 334 g/mol. The minimum Gasteiger partial charge on any atom is -0.381 e. The molecule has 1 saturated heterocycles. The molecule has 2 aromatic rings. The van der Waals surface area contributed by atoms with Gasteiger partial charge >= 0.3 is 0 Å². The van der Waals surface area contributed by atoms with Crippen LogP contribution < -0.4 is 10.6 Å². The molecule has 1 amide bonds. The van der Waals surface area contributed by atoms with Crippen molar-refractivity contribution in [1.29, 1.82) is 0 Å². The minimum absolute atomic E-state index is 0.0694. The highest BCUT2D eigenvalue weighted by Gasteiger charge is 2.39. The van der Waals surface area contributed by atoms with Crippen LogP contribution in [-0.2, 0) is 4.74 Å². The molecule has 2 aliphatic rings. The third-order valence-corrected chi connectivity index (χ3v) is 5.70. The highest BCUT2D eigenvalue weighted by Crippen LogP contribution is 2.41. The summed E-state index contributed by atoms with van der Waals surface area (Å²) in [5, 5.41) is 7.47. The fourth-order valence-corrected chi connectivity index (χ4v) is 4.09. The number of ether oxygens (including phenoxy) is 1. The maximum atomic E-state index is 12.5. The lowest BCUT2D eigenvalue weighted by atomic mass is 10.1. The standard InChI is InChI=1S/C19H23N3O2S/c1-12-9-18(25-22-12)21-19(23)14-4-2-3-13(10-14)16-11-17(16)20-15-5-7-24-8-6-15/h2-4,9-10,15-17,20H,5-8,11H2,1H3,(H,21,23)/t16-,17+/m0/s1. The Morgan fingerprint density at radius 3 is 2.88 bits per heavy atom. The Kier molecular flexibility index (Phi) is 4.83. The van der Waals surface area contributed by atoms with Crippen LogP contribution in [0.5, 0.6) is 0 Å². The van der Waals surface area contributed by atoms with E-state index in [4.69, 9.17) is 4.74 Å². The van der Waals surface area contributed by atoms with Crippen molar-refractivity contribution in [3.8, 4) is 0 Å². The molecule has 6 heteroatoms. The van der Waals surface area contributed by atoms with Gasteiger partial charge in [-0.1, -0.05) is 12.1 Å². The van der Waals surface area contributed by atoms with E-state index in [2.05, 4.69) is 21.1 Å². The Labute approximate surface area is 152 Å². The van der Waals surface area contributed by atoms with Crippen molar-refractivity contribution in [2.45, 2.75) is 44.2 Å². The quantitative estimate of drug-likeness (QED) is 0.862. The molecule has 1 aliphatic carbocycles. The van der Waals surface area contributed by atoms with E-state index in [1.54, 1.807) is 0 Å². The second kappa shape index (κ2) is 7.23. The summed E-state index contributed by atoms with van der Waals surface area (Å²) in [6.45, 7) is 3.65. The van der Waals surface area contributed by atoms with E-state index >= 15 is 0 Å². The molecule has 1 aromatic heterocycles. The molecule has 1 saturated carbocycles. The zero-order valence-electron chi connectivity index (χ0n) is 14.3. The Morgan fingerprint density at radius 1 is 1.28 bits per heavy atom. The van der Waals surface area contributed by atoms with Crippen LogP contribution in [0.25, 0.3) is 0 Å². The third-order valence-electron chi connectivity index (χ3n) is 4.90. The molecule has 5 nitrogen and oxygen atoms in total. The maximum absolute atomic E-state index is 12.5. The van der Waals surface area contributed by atoms with Crippen molar-refractivity contribution in [3.05, 3.63) is 47.2 Å². The normalized spacial score (nSPS) is 23.4. The second-order valence-corrected chi connectivity index (χ2v) is 7.72. The number of amides is 1. The molecule has 2 fully saturated rings. The summed E-state index contributed by atoms with van der Waals surface area (Å²) >= 11 is 1.31. The van der Waals surface area contributed by atoms with E-state index in [1.165, 1.54) is 17.1 Å². The number of hydrogen-bond donors (Lipinski definition) is 2. The van der Waals surface area contributed by atoms with Crippen LogP contribution in [0.3, 0.4) is 0 Å². The molecule has 0 bridgehead atoms. The first-order chi connectivity index (χ1) is 12.2.